The summed E-state index contributed by atoms with van der Waals surface area (Å²) in [6.07, 6.45) is 2.89. The van der Waals surface area contributed by atoms with E-state index in [1.807, 2.05) is 18.8 Å². The van der Waals surface area contributed by atoms with Crippen molar-refractivity contribution in [2.45, 2.75) is 43.0 Å². The number of fused-ring (bicyclic) bond motifs is 1. The predicted molar refractivity (Wildman–Crippen MR) is 66.2 cm³/mol. The maximum absolute atomic E-state index is 11.5. The van der Waals surface area contributed by atoms with E-state index in [0.29, 0.717) is 11.3 Å². The van der Waals surface area contributed by atoms with E-state index < -0.39 is 5.97 Å². The molecule has 2 saturated heterocycles. The van der Waals surface area contributed by atoms with Gasteiger partial charge in [0.15, 0.2) is 0 Å². The third-order valence-electron chi connectivity index (χ3n) is 3.53. The number of hydrogen-bond donors (Lipinski definition) is 2. The monoisotopic (exact) mass is 258 g/mol. The van der Waals surface area contributed by atoms with Gasteiger partial charge in [0.1, 0.15) is 0 Å². The van der Waals surface area contributed by atoms with Crippen LogP contribution in [0, 0.1) is 0 Å². The molecular formula is C11H18N2O3S. The summed E-state index contributed by atoms with van der Waals surface area (Å²) in [4.78, 5) is 23.7. The van der Waals surface area contributed by atoms with Crippen molar-refractivity contribution in [3.8, 4) is 0 Å². The molecule has 0 saturated carbocycles. The van der Waals surface area contributed by atoms with E-state index in [1.54, 1.807) is 4.90 Å². The Morgan fingerprint density at radius 2 is 2.35 bits per heavy atom. The van der Waals surface area contributed by atoms with Crippen molar-refractivity contribution >= 4 is 23.8 Å². The average Bonchev–Trinajstić information content (AvgIpc) is 2.77. The number of urea groups is 1. The summed E-state index contributed by atoms with van der Waals surface area (Å²) in [5.41, 5.74) is 0. The van der Waals surface area contributed by atoms with E-state index in [0.717, 1.165) is 25.0 Å². The number of thioether (sulfide) groups is 1. The zero-order chi connectivity index (χ0) is 12.4. The second-order valence-corrected chi connectivity index (χ2v) is 5.94. The largest absolute Gasteiger partial charge is 0.481 e. The average molecular weight is 258 g/mol. The van der Waals surface area contributed by atoms with Crippen molar-refractivity contribution in [1.29, 1.82) is 0 Å². The van der Waals surface area contributed by atoms with Gasteiger partial charge in [-0.2, -0.15) is 11.8 Å². The number of carboxylic acid groups (broad SMARTS) is 1. The van der Waals surface area contributed by atoms with Crippen molar-refractivity contribution in [1.82, 2.24) is 10.2 Å². The molecule has 0 aromatic heterocycles. The van der Waals surface area contributed by atoms with Crippen LogP contribution in [0.5, 0.6) is 0 Å². The Morgan fingerprint density at radius 1 is 1.59 bits per heavy atom. The highest BCUT2D eigenvalue weighted by molar-refractivity contribution is 8.00. The van der Waals surface area contributed by atoms with Gasteiger partial charge in [-0.25, -0.2) is 4.79 Å². The SMILES string of the molecule is CN1C(=O)NC2C1CS[C@H]2CCCCC(=O)O. The number of carbonyl (C=O) groups excluding carboxylic acids is 1. The Morgan fingerprint density at radius 3 is 3.06 bits per heavy atom. The number of rotatable bonds is 5. The number of nitrogens with zero attached hydrogens (tertiary/aromatic N) is 1. The molecule has 0 bridgehead atoms. The highest BCUT2D eigenvalue weighted by Gasteiger charge is 2.45. The lowest BCUT2D eigenvalue weighted by Gasteiger charge is -2.17. The molecule has 2 fully saturated rings. The molecule has 2 heterocycles. The lowest BCUT2D eigenvalue weighted by atomic mass is 10.0. The second kappa shape index (κ2) is 5.16. The Balaban J connectivity index is 1.76. The lowest BCUT2D eigenvalue weighted by Crippen LogP contribution is -2.37. The third kappa shape index (κ3) is 2.68. The normalized spacial score (nSPS) is 31.5. The Labute approximate surface area is 105 Å². The number of aliphatic carboxylic acids is 1. The van der Waals surface area contributed by atoms with Crippen LogP contribution >= 0.6 is 11.8 Å². The van der Waals surface area contributed by atoms with Gasteiger partial charge >= 0.3 is 12.0 Å². The van der Waals surface area contributed by atoms with Crippen molar-refractivity contribution < 1.29 is 14.7 Å². The fourth-order valence-corrected chi connectivity index (χ4v) is 4.16. The van der Waals surface area contributed by atoms with Crippen LogP contribution in [0.2, 0.25) is 0 Å². The quantitative estimate of drug-likeness (QED) is 0.573. The van der Waals surface area contributed by atoms with Crippen LogP contribution in [-0.2, 0) is 4.79 Å². The fourth-order valence-electron chi connectivity index (χ4n) is 2.50. The minimum atomic E-state index is -0.726. The summed E-state index contributed by atoms with van der Waals surface area (Å²) in [6.45, 7) is 0. The first-order valence-electron chi connectivity index (χ1n) is 5.96. The van der Waals surface area contributed by atoms with Gasteiger partial charge in [0.05, 0.1) is 12.1 Å². The van der Waals surface area contributed by atoms with E-state index in [1.165, 1.54) is 0 Å². The molecule has 2 aliphatic rings. The first kappa shape index (κ1) is 12.5. The highest BCUT2D eigenvalue weighted by Crippen LogP contribution is 2.36. The van der Waals surface area contributed by atoms with Crippen LogP contribution in [0.15, 0.2) is 0 Å². The summed E-state index contributed by atoms with van der Waals surface area (Å²) >= 11 is 1.90. The molecular weight excluding hydrogens is 240 g/mol. The van der Waals surface area contributed by atoms with Crippen molar-refractivity contribution in [2.75, 3.05) is 12.8 Å². The third-order valence-corrected chi connectivity index (χ3v) is 5.02. The van der Waals surface area contributed by atoms with E-state index in [-0.39, 0.29) is 18.5 Å². The van der Waals surface area contributed by atoms with Gasteiger partial charge in [0.2, 0.25) is 0 Å². The Bertz CT molecular complexity index is 324. The maximum atomic E-state index is 11.5. The van der Waals surface area contributed by atoms with Crippen molar-refractivity contribution in [2.24, 2.45) is 0 Å². The van der Waals surface area contributed by atoms with Gasteiger partial charge in [0, 0.05) is 24.5 Å². The van der Waals surface area contributed by atoms with Crippen LogP contribution in [0.25, 0.3) is 0 Å². The maximum Gasteiger partial charge on any atom is 0.317 e. The van der Waals surface area contributed by atoms with Crippen LogP contribution in [0.4, 0.5) is 4.79 Å². The van der Waals surface area contributed by atoms with Gasteiger partial charge in [-0.3, -0.25) is 4.79 Å². The molecule has 0 radical (unpaired) electrons. The molecule has 2 N–H and O–H groups in total. The molecule has 2 rings (SSSR count). The Hall–Kier alpha value is -0.910. The topological polar surface area (TPSA) is 69.6 Å². The number of hydrogen-bond acceptors (Lipinski definition) is 3. The minimum absolute atomic E-state index is 0.0239. The molecule has 2 unspecified atom stereocenters. The number of likely N-dealkylation sites (N-methyl/N-ethyl adjacent to an activating group) is 1. The van der Waals surface area contributed by atoms with Crippen LogP contribution < -0.4 is 5.32 Å². The van der Waals surface area contributed by atoms with E-state index in [9.17, 15) is 9.59 Å². The number of amides is 2. The fraction of sp³-hybridized carbons (Fsp3) is 0.818. The van der Waals surface area contributed by atoms with Gasteiger partial charge in [-0.05, 0) is 12.8 Å². The van der Waals surface area contributed by atoms with Crippen LogP contribution in [0.3, 0.4) is 0 Å². The summed E-state index contributed by atoms with van der Waals surface area (Å²) in [5, 5.41) is 12.0. The van der Waals surface area contributed by atoms with Crippen LogP contribution in [0.1, 0.15) is 25.7 Å². The summed E-state index contributed by atoms with van der Waals surface area (Å²) in [5.74, 6) is 0.264. The molecule has 6 heteroatoms. The van der Waals surface area contributed by atoms with Gasteiger partial charge in [-0.15, -0.1) is 0 Å². The minimum Gasteiger partial charge on any atom is -0.481 e. The molecule has 17 heavy (non-hydrogen) atoms. The number of nitrogens with one attached hydrogen (secondary N) is 1. The molecule has 2 aliphatic heterocycles. The Kier molecular flexibility index (Phi) is 3.81. The first-order valence-corrected chi connectivity index (χ1v) is 7.01. The standard InChI is InChI=1S/C11H18N2O3S/c1-13-7-6-17-8(10(7)12-11(13)16)4-2-3-5-9(14)15/h7-8,10H,2-6H2,1H3,(H,12,16)(H,14,15)/t7?,8-,10?/m0/s1. The zero-order valence-corrected chi connectivity index (χ0v) is 10.7. The smallest absolute Gasteiger partial charge is 0.317 e. The molecule has 0 aromatic rings. The van der Waals surface area contributed by atoms with Gasteiger partial charge < -0.3 is 15.3 Å². The van der Waals surface area contributed by atoms with Gasteiger partial charge in [0.25, 0.3) is 0 Å². The molecule has 0 aliphatic carbocycles. The summed E-state index contributed by atoms with van der Waals surface area (Å²) < 4.78 is 0. The predicted octanol–water partition coefficient (Wildman–Crippen LogP) is 1.14. The van der Waals surface area contributed by atoms with E-state index in [4.69, 9.17) is 5.11 Å². The number of carboxylic acids is 1. The van der Waals surface area contributed by atoms with Crippen LogP contribution in [-0.4, -0.2) is 52.1 Å². The lowest BCUT2D eigenvalue weighted by molar-refractivity contribution is -0.137. The highest BCUT2D eigenvalue weighted by atomic mass is 32.2. The molecule has 2 amide bonds. The molecule has 0 aromatic carbocycles. The zero-order valence-electron chi connectivity index (χ0n) is 9.89. The van der Waals surface area contributed by atoms with Crippen molar-refractivity contribution in [3.63, 3.8) is 0 Å². The molecule has 96 valence electrons. The molecule has 3 atom stereocenters. The number of unbranched alkanes of at least 4 members (excludes halogenated alkanes) is 1. The molecule has 5 nitrogen and oxygen atoms in total. The van der Waals surface area contributed by atoms with Crippen molar-refractivity contribution in [3.05, 3.63) is 0 Å². The summed E-state index contributed by atoms with van der Waals surface area (Å²) in [6, 6.07) is 0.593. The first-order chi connectivity index (χ1) is 8.09. The van der Waals surface area contributed by atoms with E-state index in [2.05, 4.69) is 5.32 Å². The molecule has 0 spiro atoms. The second-order valence-electron chi connectivity index (χ2n) is 4.66. The van der Waals surface area contributed by atoms with E-state index >= 15 is 0 Å². The summed E-state index contributed by atoms with van der Waals surface area (Å²) in [7, 11) is 1.84. The van der Waals surface area contributed by atoms with Gasteiger partial charge in [-0.1, -0.05) is 6.42 Å². The number of carbonyl (C=O) groups is 2.